The first-order valence-corrected chi connectivity index (χ1v) is 18.8. The number of nitrogens with zero attached hydrogens (tertiary/aromatic N) is 2. The first-order chi connectivity index (χ1) is 22.2. The monoisotopic (exact) mass is 740 g/mol. The Bertz CT molecular complexity index is 1460. The number of rotatable bonds is 12. The maximum absolute atomic E-state index is 3.66. The van der Waals surface area contributed by atoms with Gasteiger partial charge in [0.25, 0.3) is 0 Å². The maximum Gasteiger partial charge on any atom is 0.0612 e. The summed E-state index contributed by atoms with van der Waals surface area (Å²) in [6.45, 7) is 13.9. The molecule has 4 heteroatoms. The van der Waals surface area contributed by atoms with Crippen LogP contribution < -0.4 is 9.80 Å². The second kappa shape index (κ2) is 15.8. The number of unbranched alkanes of at least 4 members (excludes halogenated alkanes) is 2. The van der Waals surface area contributed by atoms with Crippen LogP contribution in [0.3, 0.4) is 0 Å². The lowest BCUT2D eigenvalue weighted by Gasteiger charge is -2.41. The molecule has 3 aromatic rings. The second-order valence-electron chi connectivity index (χ2n) is 13.3. The van der Waals surface area contributed by atoms with Crippen LogP contribution >= 0.6 is 31.9 Å². The van der Waals surface area contributed by atoms with Crippen molar-refractivity contribution >= 4 is 54.6 Å². The van der Waals surface area contributed by atoms with Crippen molar-refractivity contribution in [2.75, 3.05) is 9.80 Å². The fourth-order valence-electron chi connectivity index (χ4n) is 7.41. The number of benzene rings is 3. The van der Waals surface area contributed by atoms with E-state index in [1.165, 1.54) is 70.7 Å². The molecule has 5 rings (SSSR count). The van der Waals surface area contributed by atoms with Gasteiger partial charge in [-0.25, -0.2) is 0 Å². The molecule has 0 aliphatic heterocycles. The van der Waals surface area contributed by atoms with Gasteiger partial charge in [0, 0.05) is 31.7 Å². The lowest BCUT2D eigenvalue weighted by molar-refractivity contribution is 0.571. The Labute approximate surface area is 295 Å². The van der Waals surface area contributed by atoms with Crippen LogP contribution in [0.15, 0.2) is 128 Å². The molecule has 0 saturated heterocycles. The number of allylic oxidation sites excluding steroid dienone is 4. The van der Waals surface area contributed by atoms with Gasteiger partial charge in [-0.1, -0.05) is 108 Å². The molecule has 0 aromatic heterocycles. The highest BCUT2D eigenvalue weighted by Crippen LogP contribution is 2.42. The van der Waals surface area contributed by atoms with Crippen LogP contribution in [0.25, 0.3) is 0 Å². The molecule has 0 amide bonds. The molecule has 46 heavy (non-hydrogen) atoms. The third-order valence-electron chi connectivity index (χ3n) is 9.52. The summed E-state index contributed by atoms with van der Waals surface area (Å²) in [5.74, 6) is 0.785. The minimum atomic E-state index is 0.246. The molecular weight excluding hydrogens is 692 g/mol. The number of hydrogen-bond donors (Lipinski definition) is 0. The topological polar surface area (TPSA) is 6.48 Å². The molecule has 2 nitrogen and oxygen atoms in total. The lowest BCUT2D eigenvalue weighted by Crippen LogP contribution is -2.39. The van der Waals surface area contributed by atoms with Crippen LogP contribution in [0.5, 0.6) is 0 Å². The Balaban J connectivity index is 1.54. The van der Waals surface area contributed by atoms with Crippen molar-refractivity contribution in [2.24, 2.45) is 11.8 Å². The fourth-order valence-corrected chi connectivity index (χ4v) is 7.94. The third-order valence-corrected chi connectivity index (χ3v) is 10.6. The summed E-state index contributed by atoms with van der Waals surface area (Å²) in [6.07, 6.45) is 17.1. The zero-order chi connectivity index (χ0) is 32.8. The van der Waals surface area contributed by atoms with Crippen molar-refractivity contribution in [2.45, 2.75) is 92.2 Å². The van der Waals surface area contributed by atoms with Crippen LogP contribution in [-0.4, -0.2) is 12.1 Å². The average molecular weight is 743 g/mol. The van der Waals surface area contributed by atoms with E-state index in [1.54, 1.807) is 0 Å². The van der Waals surface area contributed by atoms with Crippen LogP contribution in [0, 0.1) is 11.8 Å². The van der Waals surface area contributed by atoms with E-state index >= 15 is 0 Å². The molecule has 0 radical (unpaired) electrons. The summed E-state index contributed by atoms with van der Waals surface area (Å²) in [4.78, 5) is 5.09. The third kappa shape index (κ3) is 8.00. The summed E-state index contributed by atoms with van der Waals surface area (Å²) in [7, 11) is 0. The molecule has 0 N–H and O–H groups in total. The van der Waals surface area contributed by atoms with E-state index < -0.39 is 0 Å². The van der Waals surface area contributed by atoms with Crippen LogP contribution in [0.1, 0.15) is 80.1 Å². The van der Waals surface area contributed by atoms with Crippen LogP contribution in [-0.2, 0) is 0 Å². The van der Waals surface area contributed by atoms with Crippen molar-refractivity contribution < 1.29 is 0 Å². The van der Waals surface area contributed by atoms with Gasteiger partial charge >= 0.3 is 0 Å². The minimum Gasteiger partial charge on any atom is -0.334 e. The normalized spacial score (nSPS) is 21.2. The molecular formula is C42H50Br2N2. The van der Waals surface area contributed by atoms with Crippen LogP contribution in [0.2, 0.25) is 0 Å². The number of halogens is 2. The van der Waals surface area contributed by atoms with Gasteiger partial charge in [-0.15, -0.1) is 0 Å². The van der Waals surface area contributed by atoms with E-state index in [0.29, 0.717) is 11.8 Å². The molecule has 3 aromatic carbocycles. The van der Waals surface area contributed by atoms with Crippen molar-refractivity contribution in [1.29, 1.82) is 0 Å². The van der Waals surface area contributed by atoms with E-state index in [4.69, 9.17) is 0 Å². The smallest absolute Gasteiger partial charge is 0.0612 e. The summed E-state index contributed by atoms with van der Waals surface area (Å²) < 4.78 is 2.19. The molecule has 0 saturated carbocycles. The Kier molecular flexibility index (Phi) is 11.9. The number of hydrogen-bond acceptors (Lipinski definition) is 2. The van der Waals surface area contributed by atoms with Gasteiger partial charge in [-0.2, -0.15) is 0 Å². The highest BCUT2D eigenvalue weighted by atomic mass is 79.9. The largest absolute Gasteiger partial charge is 0.334 e. The van der Waals surface area contributed by atoms with Crippen LogP contribution in [0.4, 0.5) is 22.7 Å². The van der Waals surface area contributed by atoms with Crippen molar-refractivity contribution in [1.82, 2.24) is 0 Å². The van der Waals surface area contributed by atoms with Crippen molar-refractivity contribution in [3.63, 3.8) is 0 Å². The van der Waals surface area contributed by atoms with Gasteiger partial charge in [-0.05, 0) is 135 Å². The van der Waals surface area contributed by atoms with Crippen molar-refractivity contribution in [3.05, 3.63) is 128 Å². The number of anilines is 4. The van der Waals surface area contributed by atoms with Crippen molar-refractivity contribution in [3.8, 4) is 0 Å². The average Bonchev–Trinajstić information content (AvgIpc) is 3.04. The molecule has 2 aliphatic carbocycles. The zero-order valence-corrected chi connectivity index (χ0v) is 31.6. The first kappa shape index (κ1) is 34.5. The second-order valence-corrected chi connectivity index (χ2v) is 15.1. The Morgan fingerprint density at radius 2 is 0.826 bits per heavy atom. The summed E-state index contributed by atoms with van der Waals surface area (Å²) in [6, 6.07) is 27.4. The van der Waals surface area contributed by atoms with E-state index in [2.05, 4.69) is 180 Å². The molecule has 0 fully saturated rings. The fraction of sp³-hybridized carbons (Fsp3) is 0.381. The SMILES string of the molecule is CCCCC1=CC(C)C(N(c2ccc(Br)cc2)c2ccc(N(c3ccc(Br)cc3)C3C(C)=CC(CCCC)=CC3C)cc2)C(C)=C1. The van der Waals surface area contributed by atoms with Gasteiger partial charge in [0.15, 0.2) is 0 Å². The quantitative estimate of drug-likeness (QED) is 0.182. The van der Waals surface area contributed by atoms with E-state index in [-0.39, 0.29) is 12.1 Å². The predicted octanol–water partition coefficient (Wildman–Crippen LogP) is 13.7. The lowest BCUT2D eigenvalue weighted by atomic mass is 9.84. The standard InChI is InChI=1S/C42H50Br2N2/c1-7-9-11-33-25-29(3)41(30(4)26-33)45(37-17-13-35(43)14-18-37)39-21-23-40(24-22-39)46(38-19-15-36(44)16-20-38)42-31(5)27-34(12-10-8-2)28-32(42)6/h13-29,31,41-42H,7-12H2,1-6H3. The van der Waals surface area contributed by atoms with Gasteiger partial charge in [0.2, 0.25) is 0 Å². The summed E-state index contributed by atoms with van der Waals surface area (Å²) >= 11 is 7.32. The maximum atomic E-state index is 3.66. The summed E-state index contributed by atoms with van der Waals surface area (Å²) in [5.41, 5.74) is 10.7. The molecule has 0 spiro atoms. The highest BCUT2D eigenvalue weighted by Gasteiger charge is 2.32. The molecule has 0 heterocycles. The van der Waals surface area contributed by atoms with E-state index in [9.17, 15) is 0 Å². The molecule has 242 valence electrons. The molecule has 0 bridgehead atoms. The molecule has 4 atom stereocenters. The van der Waals surface area contributed by atoms with E-state index in [1.807, 2.05) is 0 Å². The van der Waals surface area contributed by atoms with Gasteiger partial charge in [-0.3, -0.25) is 0 Å². The molecule has 4 unspecified atom stereocenters. The minimum absolute atomic E-state index is 0.246. The molecule has 2 aliphatic rings. The van der Waals surface area contributed by atoms with Gasteiger partial charge in [0.05, 0.1) is 12.1 Å². The Hall–Kier alpha value is -2.82. The van der Waals surface area contributed by atoms with Gasteiger partial charge in [0.1, 0.15) is 0 Å². The Morgan fingerprint density at radius 3 is 1.11 bits per heavy atom. The van der Waals surface area contributed by atoms with E-state index in [0.717, 1.165) is 21.8 Å². The zero-order valence-electron chi connectivity index (χ0n) is 28.4. The summed E-state index contributed by atoms with van der Waals surface area (Å²) in [5, 5.41) is 0. The first-order valence-electron chi connectivity index (χ1n) is 17.2. The predicted molar refractivity (Wildman–Crippen MR) is 208 cm³/mol. The highest BCUT2D eigenvalue weighted by molar-refractivity contribution is 9.10. The Morgan fingerprint density at radius 1 is 0.522 bits per heavy atom. The van der Waals surface area contributed by atoms with Gasteiger partial charge < -0.3 is 9.80 Å².